The van der Waals surface area contributed by atoms with Crippen LogP contribution in [-0.2, 0) is 11.2 Å². The lowest BCUT2D eigenvalue weighted by Crippen LogP contribution is -2.45. The van der Waals surface area contributed by atoms with Crippen molar-refractivity contribution in [2.75, 3.05) is 6.54 Å². The van der Waals surface area contributed by atoms with Crippen molar-refractivity contribution in [1.29, 1.82) is 0 Å². The van der Waals surface area contributed by atoms with E-state index in [0.717, 1.165) is 11.5 Å². The van der Waals surface area contributed by atoms with Gasteiger partial charge in [0.05, 0.1) is 5.69 Å². The Labute approximate surface area is 95.4 Å². The van der Waals surface area contributed by atoms with Gasteiger partial charge in [0.1, 0.15) is 12.2 Å². The van der Waals surface area contributed by atoms with Crippen molar-refractivity contribution in [2.24, 2.45) is 5.73 Å². The Morgan fingerprint density at radius 3 is 2.56 bits per heavy atom. The highest BCUT2D eigenvalue weighted by atomic mass is 16.4. The second kappa shape index (κ2) is 4.65. The molecule has 0 saturated carbocycles. The molecule has 90 valence electrons. The molecule has 3 N–H and O–H groups in total. The summed E-state index contributed by atoms with van der Waals surface area (Å²) in [7, 11) is 0. The monoisotopic (exact) mass is 225 g/mol. The van der Waals surface area contributed by atoms with E-state index in [1.807, 2.05) is 27.7 Å². The fraction of sp³-hybridized carbons (Fsp3) is 0.636. The van der Waals surface area contributed by atoms with Crippen molar-refractivity contribution in [3.63, 3.8) is 0 Å². The molecule has 0 aliphatic rings. The lowest BCUT2D eigenvalue weighted by Gasteiger charge is -2.18. The van der Waals surface area contributed by atoms with Crippen LogP contribution < -0.4 is 11.1 Å². The van der Waals surface area contributed by atoms with Gasteiger partial charge in [-0.15, -0.1) is 0 Å². The predicted octanol–water partition coefficient (Wildman–Crippen LogP) is 0.687. The average Bonchev–Trinajstić information content (AvgIpc) is 2.41. The Morgan fingerprint density at radius 2 is 2.12 bits per heavy atom. The SMILES string of the molecule is Cc1nc(CC(=O)NCC(C)(C)N)oc1C. The molecule has 16 heavy (non-hydrogen) atoms. The van der Waals surface area contributed by atoms with Crippen LogP contribution in [0.5, 0.6) is 0 Å². The van der Waals surface area contributed by atoms with Gasteiger partial charge < -0.3 is 15.5 Å². The van der Waals surface area contributed by atoms with Crippen molar-refractivity contribution in [3.05, 3.63) is 17.3 Å². The fourth-order valence-electron chi connectivity index (χ4n) is 1.14. The van der Waals surface area contributed by atoms with Gasteiger partial charge in [0.2, 0.25) is 11.8 Å². The first-order valence-corrected chi connectivity index (χ1v) is 5.26. The molecule has 1 aromatic heterocycles. The largest absolute Gasteiger partial charge is 0.445 e. The first-order valence-electron chi connectivity index (χ1n) is 5.26. The molecule has 0 spiro atoms. The van der Waals surface area contributed by atoms with Crippen LogP contribution in [0.3, 0.4) is 0 Å². The third-order valence-corrected chi connectivity index (χ3v) is 2.13. The van der Waals surface area contributed by atoms with Crippen molar-refractivity contribution in [2.45, 2.75) is 39.7 Å². The summed E-state index contributed by atoms with van der Waals surface area (Å²) in [6.45, 7) is 7.82. The summed E-state index contributed by atoms with van der Waals surface area (Å²) in [6, 6.07) is 0. The number of nitrogens with two attached hydrogens (primary N) is 1. The zero-order valence-electron chi connectivity index (χ0n) is 10.3. The number of hydrogen-bond acceptors (Lipinski definition) is 4. The number of carbonyl (C=O) groups is 1. The maximum absolute atomic E-state index is 11.5. The molecule has 0 aliphatic carbocycles. The Kier molecular flexibility index (Phi) is 3.70. The van der Waals surface area contributed by atoms with Crippen LogP contribution in [0.4, 0.5) is 0 Å². The molecule has 1 amide bonds. The van der Waals surface area contributed by atoms with Gasteiger partial charge in [-0.3, -0.25) is 4.79 Å². The molecule has 0 unspecified atom stereocenters. The van der Waals surface area contributed by atoms with Crippen LogP contribution in [0, 0.1) is 13.8 Å². The van der Waals surface area contributed by atoms with Crippen LogP contribution in [0.2, 0.25) is 0 Å². The van der Waals surface area contributed by atoms with Gasteiger partial charge in [0.25, 0.3) is 0 Å². The van der Waals surface area contributed by atoms with Gasteiger partial charge in [-0.1, -0.05) is 0 Å². The van der Waals surface area contributed by atoms with Crippen LogP contribution >= 0.6 is 0 Å². The summed E-state index contributed by atoms with van der Waals surface area (Å²) in [4.78, 5) is 15.6. The summed E-state index contributed by atoms with van der Waals surface area (Å²) in [5.74, 6) is 1.07. The number of nitrogens with zero attached hydrogens (tertiary/aromatic N) is 1. The van der Waals surface area contributed by atoms with E-state index in [1.54, 1.807) is 0 Å². The number of amides is 1. The van der Waals surface area contributed by atoms with E-state index in [4.69, 9.17) is 10.2 Å². The van der Waals surface area contributed by atoms with Crippen LogP contribution in [0.1, 0.15) is 31.2 Å². The van der Waals surface area contributed by atoms with Crippen molar-refractivity contribution < 1.29 is 9.21 Å². The zero-order valence-corrected chi connectivity index (χ0v) is 10.3. The van der Waals surface area contributed by atoms with E-state index in [2.05, 4.69) is 10.3 Å². The summed E-state index contributed by atoms with van der Waals surface area (Å²) >= 11 is 0. The molecule has 1 aromatic rings. The average molecular weight is 225 g/mol. The number of rotatable bonds is 4. The molecule has 1 rings (SSSR count). The molecule has 0 atom stereocenters. The Hall–Kier alpha value is -1.36. The lowest BCUT2D eigenvalue weighted by molar-refractivity contribution is -0.120. The van der Waals surface area contributed by atoms with Gasteiger partial charge in [0, 0.05) is 12.1 Å². The molecule has 0 saturated heterocycles. The molecular weight excluding hydrogens is 206 g/mol. The quantitative estimate of drug-likeness (QED) is 0.789. The van der Waals surface area contributed by atoms with Crippen molar-refractivity contribution >= 4 is 5.91 Å². The first-order chi connectivity index (χ1) is 7.28. The number of oxazole rings is 1. The number of carbonyl (C=O) groups excluding carboxylic acids is 1. The molecule has 5 nitrogen and oxygen atoms in total. The summed E-state index contributed by atoms with van der Waals surface area (Å²) in [6.07, 6.45) is 0.157. The van der Waals surface area contributed by atoms with Gasteiger partial charge in [-0.25, -0.2) is 4.98 Å². The van der Waals surface area contributed by atoms with Crippen molar-refractivity contribution in [1.82, 2.24) is 10.3 Å². The standard InChI is InChI=1S/C11H19N3O2/c1-7-8(2)16-10(14-7)5-9(15)13-6-11(3,4)12/h5-6,12H2,1-4H3,(H,13,15). The summed E-state index contributed by atoms with van der Waals surface area (Å²) < 4.78 is 5.31. The molecule has 0 aromatic carbocycles. The zero-order chi connectivity index (χ0) is 12.3. The summed E-state index contributed by atoms with van der Waals surface area (Å²) in [5, 5.41) is 2.74. The van der Waals surface area contributed by atoms with Crippen LogP contribution in [0.25, 0.3) is 0 Å². The number of nitrogens with one attached hydrogen (secondary N) is 1. The number of aryl methyl sites for hydroxylation is 2. The molecule has 0 radical (unpaired) electrons. The molecule has 1 heterocycles. The molecule has 0 aliphatic heterocycles. The highest BCUT2D eigenvalue weighted by molar-refractivity contribution is 5.77. The molecule has 0 bridgehead atoms. The van der Waals surface area contributed by atoms with Crippen LogP contribution in [0.15, 0.2) is 4.42 Å². The third kappa shape index (κ3) is 4.02. The first kappa shape index (κ1) is 12.7. The van der Waals surface area contributed by atoms with E-state index in [-0.39, 0.29) is 12.3 Å². The maximum Gasteiger partial charge on any atom is 0.229 e. The maximum atomic E-state index is 11.5. The minimum atomic E-state index is -0.405. The van der Waals surface area contributed by atoms with Gasteiger partial charge in [-0.05, 0) is 27.7 Å². The molecule has 5 heteroatoms. The second-order valence-electron chi connectivity index (χ2n) is 4.69. The normalized spacial score (nSPS) is 11.6. The molecular formula is C11H19N3O2. The van der Waals surface area contributed by atoms with E-state index in [0.29, 0.717) is 12.4 Å². The smallest absolute Gasteiger partial charge is 0.229 e. The Balaban J connectivity index is 2.46. The minimum absolute atomic E-state index is 0.125. The van der Waals surface area contributed by atoms with E-state index >= 15 is 0 Å². The topological polar surface area (TPSA) is 81.2 Å². The van der Waals surface area contributed by atoms with Gasteiger partial charge in [0.15, 0.2) is 0 Å². The van der Waals surface area contributed by atoms with Gasteiger partial charge >= 0.3 is 0 Å². The molecule has 0 fully saturated rings. The van der Waals surface area contributed by atoms with E-state index < -0.39 is 5.54 Å². The Bertz CT molecular complexity index is 358. The summed E-state index contributed by atoms with van der Waals surface area (Å²) in [5.41, 5.74) is 6.17. The number of aromatic nitrogens is 1. The van der Waals surface area contributed by atoms with E-state index in [9.17, 15) is 4.79 Å². The lowest BCUT2D eigenvalue weighted by atomic mass is 10.1. The number of hydrogen-bond donors (Lipinski definition) is 2. The van der Waals surface area contributed by atoms with E-state index in [1.165, 1.54) is 0 Å². The van der Waals surface area contributed by atoms with Crippen molar-refractivity contribution in [3.8, 4) is 0 Å². The highest BCUT2D eigenvalue weighted by Gasteiger charge is 2.14. The second-order valence-corrected chi connectivity index (χ2v) is 4.69. The van der Waals surface area contributed by atoms with Crippen LogP contribution in [-0.4, -0.2) is 23.0 Å². The fourth-order valence-corrected chi connectivity index (χ4v) is 1.14. The minimum Gasteiger partial charge on any atom is -0.445 e. The Morgan fingerprint density at radius 1 is 1.50 bits per heavy atom. The third-order valence-electron chi connectivity index (χ3n) is 2.13. The predicted molar refractivity (Wildman–Crippen MR) is 61.0 cm³/mol. The van der Waals surface area contributed by atoms with Gasteiger partial charge in [-0.2, -0.15) is 0 Å². The highest BCUT2D eigenvalue weighted by Crippen LogP contribution is 2.08.